The van der Waals surface area contributed by atoms with Crippen LogP contribution in [0.1, 0.15) is 20.8 Å². The van der Waals surface area contributed by atoms with Crippen molar-refractivity contribution in [1.82, 2.24) is 0 Å². The maximum Gasteiger partial charge on any atom is 0.261 e. The molecular formula is C18H21N2O4P. The van der Waals surface area contributed by atoms with Crippen LogP contribution < -0.4 is 21.2 Å². The van der Waals surface area contributed by atoms with Crippen LogP contribution in [0.2, 0.25) is 0 Å². The van der Waals surface area contributed by atoms with Gasteiger partial charge >= 0.3 is 0 Å². The fourth-order valence-corrected chi connectivity index (χ4v) is 4.56. The molecular weight excluding hydrogens is 339 g/mol. The molecule has 2 aromatic rings. The van der Waals surface area contributed by atoms with E-state index in [0.29, 0.717) is 22.0 Å². The number of carbonyl (C=O) groups excluding carboxylic acids is 2. The first-order chi connectivity index (χ1) is 11.8. The monoisotopic (exact) mass is 360 g/mol. The molecule has 0 aliphatic rings. The second-order valence-electron chi connectivity index (χ2n) is 5.43. The molecule has 0 aromatic heterocycles. The van der Waals surface area contributed by atoms with Gasteiger partial charge in [0.05, 0.1) is 6.61 Å². The highest BCUT2D eigenvalue weighted by molar-refractivity contribution is 7.74. The van der Waals surface area contributed by atoms with E-state index >= 15 is 0 Å². The van der Waals surface area contributed by atoms with Gasteiger partial charge in [0.25, 0.3) is 7.37 Å². The zero-order valence-corrected chi connectivity index (χ0v) is 15.3. The van der Waals surface area contributed by atoms with Gasteiger partial charge in [0, 0.05) is 35.8 Å². The van der Waals surface area contributed by atoms with Gasteiger partial charge in [0.1, 0.15) is 0 Å². The molecule has 0 heterocycles. The van der Waals surface area contributed by atoms with Crippen molar-refractivity contribution < 1.29 is 18.7 Å². The van der Waals surface area contributed by atoms with E-state index in [4.69, 9.17) is 4.52 Å². The van der Waals surface area contributed by atoms with E-state index in [2.05, 4.69) is 10.6 Å². The number of carbonyl (C=O) groups is 2. The van der Waals surface area contributed by atoms with Crippen LogP contribution in [0, 0.1) is 0 Å². The van der Waals surface area contributed by atoms with Crippen molar-refractivity contribution in [3.8, 4) is 0 Å². The minimum Gasteiger partial charge on any atom is -0.326 e. The lowest BCUT2D eigenvalue weighted by atomic mass is 10.3. The summed E-state index contributed by atoms with van der Waals surface area (Å²) in [5.41, 5.74) is 1.09. The molecule has 0 saturated heterocycles. The molecule has 2 amide bonds. The Balaban J connectivity index is 2.50. The molecule has 0 unspecified atom stereocenters. The molecule has 0 spiro atoms. The van der Waals surface area contributed by atoms with E-state index in [0.717, 1.165) is 0 Å². The van der Waals surface area contributed by atoms with Gasteiger partial charge in [-0.1, -0.05) is 12.1 Å². The molecule has 0 aliphatic heterocycles. The summed E-state index contributed by atoms with van der Waals surface area (Å²) in [6, 6.07) is 13.5. The summed E-state index contributed by atoms with van der Waals surface area (Å²) in [6.07, 6.45) is 0. The van der Waals surface area contributed by atoms with Crippen LogP contribution in [0.5, 0.6) is 0 Å². The molecule has 132 valence electrons. The Labute approximate surface area is 147 Å². The van der Waals surface area contributed by atoms with Gasteiger partial charge in [-0.2, -0.15) is 0 Å². The molecule has 0 bridgehead atoms. The van der Waals surface area contributed by atoms with Crippen LogP contribution in [-0.2, 0) is 18.7 Å². The summed E-state index contributed by atoms with van der Waals surface area (Å²) in [4.78, 5) is 22.5. The van der Waals surface area contributed by atoms with E-state index in [1.54, 1.807) is 55.5 Å². The molecule has 0 atom stereocenters. The van der Waals surface area contributed by atoms with Crippen molar-refractivity contribution in [3.05, 3.63) is 48.5 Å². The molecule has 0 radical (unpaired) electrons. The third kappa shape index (κ3) is 4.78. The second kappa shape index (κ2) is 8.10. The number of amides is 2. The molecule has 2 N–H and O–H groups in total. The van der Waals surface area contributed by atoms with Crippen molar-refractivity contribution in [2.24, 2.45) is 0 Å². The summed E-state index contributed by atoms with van der Waals surface area (Å²) >= 11 is 0. The number of hydrogen-bond acceptors (Lipinski definition) is 4. The fourth-order valence-electron chi connectivity index (χ4n) is 2.42. The number of nitrogens with one attached hydrogen (secondary N) is 2. The van der Waals surface area contributed by atoms with Gasteiger partial charge in [-0.05, 0) is 43.3 Å². The standard InChI is InChI=1S/C18H21N2O4P/c1-4-24-25(23,17-9-5-7-15(11-17)19-13(2)21)18-10-6-8-16(12-18)20-14(3)22/h5-12H,4H2,1-3H3,(H,19,21)(H,20,22). The second-order valence-corrected chi connectivity index (χ2v) is 7.83. The topological polar surface area (TPSA) is 84.5 Å². The number of hydrogen-bond donors (Lipinski definition) is 2. The van der Waals surface area contributed by atoms with E-state index < -0.39 is 7.37 Å². The lowest BCUT2D eigenvalue weighted by Crippen LogP contribution is -2.20. The normalized spacial score (nSPS) is 11.0. The lowest BCUT2D eigenvalue weighted by Gasteiger charge is -2.20. The van der Waals surface area contributed by atoms with Crippen molar-refractivity contribution in [1.29, 1.82) is 0 Å². The predicted molar refractivity (Wildman–Crippen MR) is 100.0 cm³/mol. The van der Waals surface area contributed by atoms with E-state index in [1.807, 2.05) is 0 Å². The Bertz CT molecular complexity index is 772. The maximum atomic E-state index is 13.6. The Morgan fingerprint density at radius 3 is 1.72 bits per heavy atom. The summed E-state index contributed by atoms with van der Waals surface area (Å²) in [5, 5.41) is 6.30. The quantitative estimate of drug-likeness (QED) is 0.776. The van der Waals surface area contributed by atoms with E-state index in [9.17, 15) is 14.2 Å². The lowest BCUT2D eigenvalue weighted by molar-refractivity contribution is -0.115. The first-order valence-corrected chi connectivity index (χ1v) is 9.48. The number of benzene rings is 2. The molecule has 0 fully saturated rings. The third-order valence-corrected chi connectivity index (χ3v) is 5.86. The SMILES string of the molecule is CCOP(=O)(c1cccc(NC(C)=O)c1)c1cccc(NC(C)=O)c1. The average molecular weight is 360 g/mol. The van der Waals surface area contributed by atoms with Gasteiger partial charge in [-0.25, -0.2) is 0 Å². The minimum absolute atomic E-state index is 0.212. The van der Waals surface area contributed by atoms with Gasteiger partial charge in [0.15, 0.2) is 0 Å². The number of anilines is 2. The number of rotatable bonds is 6. The zero-order valence-electron chi connectivity index (χ0n) is 14.4. The third-order valence-electron chi connectivity index (χ3n) is 3.32. The maximum absolute atomic E-state index is 13.6. The summed E-state index contributed by atoms with van der Waals surface area (Å²) in [5.74, 6) is -0.424. The molecule has 0 saturated carbocycles. The van der Waals surface area contributed by atoms with Crippen LogP contribution in [0.15, 0.2) is 48.5 Å². The van der Waals surface area contributed by atoms with E-state index in [1.165, 1.54) is 13.8 Å². The predicted octanol–water partition coefficient (Wildman–Crippen LogP) is 2.87. The average Bonchev–Trinajstić information content (AvgIpc) is 2.54. The first-order valence-electron chi connectivity index (χ1n) is 7.86. The summed E-state index contributed by atoms with van der Waals surface area (Å²) < 4.78 is 19.3. The van der Waals surface area contributed by atoms with Gasteiger partial charge in [-0.15, -0.1) is 0 Å². The van der Waals surface area contributed by atoms with Crippen LogP contribution >= 0.6 is 7.37 Å². The van der Waals surface area contributed by atoms with Gasteiger partial charge in [-0.3, -0.25) is 14.2 Å². The summed E-state index contributed by atoms with van der Waals surface area (Å²) in [7, 11) is -3.37. The molecule has 25 heavy (non-hydrogen) atoms. The Morgan fingerprint density at radius 2 is 1.36 bits per heavy atom. The van der Waals surface area contributed by atoms with Gasteiger partial charge < -0.3 is 15.2 Å². The highest BCUT2D eigenvalue weighted by atomic mass is 31.2. The Morgan fingerprint density at radius 1 is 0.920 bits per heavy atom. The van der Waals surface area contributed by atoms with Crippen molar-refractivity contribution >= 4 is 41.2 Å². The van der Waals surface area contributed by atoms with E-state index in [-0.39, 0.29) is 18.4 Å². The van der Waals surface area contributed by atoms with Crippen LogP contribution in [0.4, 0.5) is 11.4 Å². The smallest absolute Gasteiger partial charge is 0.261 e. The molecule has 2 rings (SSSR count). The summed E-state index contributed by atoms with van der Waals surface area (Å²) in [6.45, 7) is 4.84. The highest BCUT2D eigenvalue weighted by Crippen LogP contribution is 2.45. The first kappa shape index (κ1) is 18.9. The molecule has 7 heteroatoms. The molecule has 2 aromatic carbocycles. The van der Waals surface area contributed by atoms with Crippen molar-refractivity contribution in [2.45, 2.75) is 20.8 Å². The Hall–Kier alpha value is -2.43. The van der Waals surface area contributed by atoms with Crippen LogP contribution in [0.25, 0.3) is 0 Å². The largest absolute Gasteiger partial charge is 0.326 e. The highest BCUT2D eigenvalue weighted by Gasteiger charge is 2.29. The zero-order chi connectivity index (χ0) is 18.4. The van der Waals surface area contributed by atoms with Crippen LogP contribution in [-0.4, -0.2) is 18.4 Å². The van der Waals surface area contributed by atoms with Crippen molar-refractivity contribution in [2.75, 3.05) is 17.2 Å². The molecule has 0 aliphatic carbocycles. The van der Waals surface area contributed by atoms with Crippen LogP contribution in [0.3, 0.4) is 0 Å². The van der Waals surface area contributed by atoms with Gasteiger partial charge in [0.2, 0.25) is 11.8 Å². The minimum atomic E-state index is -3.37. The fraction of sp³-hybridized carbons (Fsp3) is 0.222. The molecule has 6 nitrogen and oxygen atoms in total. The Kier molecular flexibility index (Phi) is 6.12. The van der Waals surface area contributed by atoms with Crippen molar-refractivity contribution in [3.63, 3.8) is 0 Å².